The average molecular weight is 272 g/mol. The molecule has 0 heterocycles. The predicted octanol–water partition coefficient (Wildman–Crippen LogP) is 5.69. The van der Waals surface area contributed by atoms with E-state index in [0.717, 1.165) is 17.8 Å². The summed E-state index contributed by atoms with van der Waals surface area (Å²) < 4.78 is 0. The van der Waals surface area contributed by atoms with E-state index in [1.807, 2.05) is 48.5 Å². The first-order valence-electron chi connectivity index (χ1n) is 7.00. The smallest absolute Gasteiger partial charge is 0.0857 e. The van der Waals surface area contributed by atoms with E-state index < -0.39 is 0 Å². The minimum absolute atomic E-state index is 0.867. The van der Waals surface area contributed by atoms with Gasteiger partial charge >= 0.3 is 0 Å². The molecule has 3 rings (SSSR count). The third-order valence-electron chi connectivity index (χ3n) is 3.22. The van der Waals surface area contributed by atoms with Crippen LogP contribution in [0.5, 0.6) is 0 Å². The summed E-state index contributed by atoms with van der Waals surface area (Å²) in [5.41, 5.74) is 4.33. The Bertz CT molecular complexity index is 702. The zero-order valence-corrected chi connectivity index (χ0v) is 11.7. The lowest BCUT2D eigenvalue weighted by atomic mass is 10.1. The number of hydrogen-bond acceptors (Lipinski definition) is 2. The van der Waals surface area contributed by atoms with Gasteiger partial charge in [-0.25, -0.2) is 0 Å². The zero-order chi connectivity index (χ0) is 14.3. The van der Waals surface area contributed by atoms with E-state index >= 15 is 0 Å². The first-order chi connectivity index (χ1) is 10.4. The Morgan fingerprint density at radius 3 is 1.57 bits per heavy atom. The molecule has 0 saturated carbocycles. The van der Waals surface area contributed by atoms with Crippen molar-refractivity contribution >= 4 is 11.4 Å². The van der Waals surface area contributed by atoms with Crippen molar-refractivity contribution in [3.05, 3.63) is 96.1 Å². The molecule has 3 aromatic carbocycles. The van der Waals surface area contributed by atoms with Gasteiger partial charge in [-0.15, -0.1) is 0 Å². The SMILES string of the molecule is c1ccc(Cc2ccc(N=Nc3ccccc3)cc2)cc1. The number of rotatable bonds is 4. The summed E-state index contributed by atoms with van der Waals surface area (Å²) >= 11 is 0. The molecule has 2 nitrogen and oxygen atoms in total. The molecule has 21 heavy (non-hydrogen) atoms. The largest absolute Gasteiger partial charge is 0.151 e. The Hall–Kier alpha value is -2.74. The molecule has 102 valence electrons. The van der Waals surface area contributed by atoms with E-state index in [4.69, 9.17) is 0 Å². The molecule has 0 bridgehead atoms. The monoisotopic (exact) mass is 272 g/mol. The lowest BCUT2D eigenvalue weighted by molar-refractivity contribution is 1.18. The van der Waals surface area contributed by atoms with Crippen LogP contribution in [0.3, 0.4) is 0 Å². The van der Waals surface area contributed by atoms with Crippen LogP contribution in [-0.4, -0.2) is 0 Å². The maximum Gasteiger partial charge on any atom is 0.0857 e. The van der Waals surface area contributed by atoms with Crippen LogP contribution in [0.15, 0.2) is 95.2 Å². The summed E-state index contributed by atoms with van der Waals surface area (Å²) in [6.45, 7) is 0. The highest BCUT2D eigenvalue weighted by molar-refractivity contribution is 5.41. The van der Waals surface area contributed by atoms with Crippen molar-refractivity contribution in [1.82, 2.24) is 0 Å². The summed E-state index contributed by atoms with van der Waals surface area (Å²) in [7, 11) is 0. The Morgan fingerprint density at radius 1 is 0.476 bits per heavy atom. The summed E-state index contributed by atoms with van der Waals surface area (Å²) in [5.74, 6) is 0. The highest BCUT2D eigenvalue weighted by atomic mass is 15.1. The standard InChI is InChI=1S/C19H16N2/c1-3-7-16(8-4-1)15-17-11-13-19(14-12-17)21-20-18-9-5-2-6-10-18/h1-14H,15H2. The van der Waals surface area contributed by atoms with Gasteiger partial charge in [0.05, 0.1) is 11.4 Å². The second kappa shape index (κ2) is 6.62. The third-order valence-corrected chi connectivity index (χ3v) is 3.22. The minimum Gasteiger partial charge on any atom is -0.151 e. The fraction of sp³-hybridized carbons (Fsp3) is 0.0526. The van der Waals surface area contributed by atoms with Gasteiger partial charge in [-0.1, -0.05) is 60.7 Å². The molecule has 0 aromatic heterocycles. The molecule has 0 saturated heterocycles. The fourth-order valence-electron chi connectivity index (χ4n) is 2.12. The molecule has 3 aromatic rings. The number of hydrogen-bond donors (Lipinski definition) is 0. The van der Waals surface area contributed by atoms with E-state index in [2.05, 4.69) is 46.6 Å². The van der Waals surface area contributed by atoms with Gasteiger partial charge in [0.25, 0.3) is 0 Å². The Labute approximate surface area is 124 Å². The van der Waals surface area contributed by atoms with E-state index in [0.29, 0.717) is 0 Å². The van der Waals surface area contributed by atoms with Gasteiger partial charge in [0, 0.05) is 0 Å². The maximum atomic E-state index is 4.25. The van der Waals surface area contributed by atoms with Crippen molar-refractivity contribution in [3.8, 4) is 0 Å². The van der Waals surface area contributed by atoms with Crippen LogP contribution in [0.25, 0.3) is 0 Å². The molecule has 0 N–H and O–H groups in total. The van der Waals surface area contributed by atoms with Gasteiger partial charge in [-0.3, -0.25) is 0 Å². The molecule has 0 aliphatic rings. The molecule has 0 fully saturated rings. The third kappa shape index (κ3) is 3.86. The van der Waals surface area contributed by atoms with Crippen molar-refractivity contribution < 1.29 is 0 Å². The molecule has 0 radical (unpaired) electrons. The second-order valence-electron chi connectivity index (χ2n) is 4.86. The molecule has 0 amide bonds. The van der Waals surface area contributed by atoms with Crippen molar-refractivity contribution in [1.29, 1.82) is 0 Å². The maximum absolute atomic E-state index is 4.25. The van der Waals surface area contributed by atoms with Gasteiger partial charge in [0.2, 0.25) is 0 Å². The summed E-state index contributed by atoms with van der Waals surface area (Å²) in [5, 5.41) is 8.46. The molecule has 0 atom stereocenters. The van der Waals surface area contributed by atoms with Crippen LogP contribution in [-0.2, 0) is 6.42 Å². The number of benzene rings is 3. The van der Waals surface area contributed by atoms with Crippen LogP contribution in [0, 0.1) is 0 Å². The van der Waals surface area contributed by atoms with Crippen LogP contribution >= 0.6 is 0 Å². The van der Waals surface area contributed by atoms with Crippen molar-refractivity contribution in [3.63, 3.8) is 0 Å². The van der Waals surface area contributed by atoms with Crippen LogP contribution in [0.2, 0.25) is 0 Å². The summed E-state index contributed by atoms with van der Waals surface area (Å²) in [6.07, 6.45) is 0.941. The van der Waals surface area contributed by atoms with Crippen molar-refractivity contribution in [2.24, 2.45) is 10.2 Å². The van der Waals surface area contributed by atoms with Crippen LogP contribution in [0.4, 0.5) is 11.4 Å². The second-order valence-corrected chi connectivity index (χ2v) is 4.86. The van der Waals surface area contributed by atoms with E-state index in [1.165, 1.54) is 11.1 Å². The highest BCUT2D eigenvalue weighted by Crippen LogP contribution is 2.19. The van der Waals surface area contributed by atoms with Gasteiger partial charge in [0.15, 0.2) is 0 Å². The molecular formula is C19H16N2. The molecule has 0 spiro atoms. The first-order valence-corrected chi connectivity index (χ1v) is 7.00. The van der Waals surface area contributed by atoms with Crippen molar-refractivity contribution in [2.75, 3.05) is 0 Å². The molecule has 0 unspecified atom stereocenters. The van der Waals surface area contributed by atoms with Gasteiger partial charge in [0.1, 0.15) is 0 Å². The normalized spacial score (nSPS) is 10.9. The lowest BCUT2D eigenvalue weighted by Gasteiger charge is -2.01. The highest BCUT2D eigenvalue weighted by Gasteiger charge is 1.96. The van der Waals surface area contributed by atoms with Gasteiger partial charge < -0.3 is 0 Å². The van der Waals surface area contributed by atoms with E-state index in [1.54, 1.807) is 0 Å². The van der Waals surface area contributed by atoms with E-state index in [-0.39, 0.29) is 0 Å². The minimum atomic E-state index is 0.867. The quantitative estimate of drug-likeness (QED) is 0.545. The summed E-state index contributed by atoms with van der Waals surface area (Å²) in [6, 6.07) is 28.4. The number of azo groups is 1. The molecular weight excluding hydrogens is 256 g/mol. The van der Waals surface area contributed by atoms with Gasteiger partial charge in [-0.05, 0) is 41.8 Å². The first kappa shape index (κ1) is 13.3. The number of nitrogens with zero attached hydrogens (tertiary/aromatic N) is 2. The average Bonchev–Trinajstić information content (AvgIpc) is 2.56. The fourth-order valence-corrected chi connectivity index (χ4v) is 2.12. The van der Waals surface area contributed by atoms with Crippen molar-refractivity contribution in [2.45, 2.75) is 6.42 Å². The topological polar surface area (TPSA) is 24.7 Å². The molecule has 0 aliphatic heterocycles. The Balaban J connectivity index is 1.68. The Kier molecular flexibility index (Phi) is 4.18. The molecule has 0 aliphatic carbocycles. The van der Waals surface area contributed by atoms with Crippen LogP contribution < -0.4 is 0 Å². The Morgan fingerprint density at radius 2 is 0.952 bits per heavy atom. The molecule has 2 heteroatoms. The zero-order valence-electron chi connectivity index (χ0n) is 11.7. The lowest BCUT2D eigenvalue weighted by Crippen LogP contribution is -1.86. The summed E-state index contributed by atoms with van der Waals surface area (Å²) in [4.78, 5) is 0. The van der Waals surface area contributed by atoms with Gasteiger partial charge in [-0.2, -0.15) is 10.2 Å². The van der Waals surface area contributed by atoms with E-state index in [9.17, 15) is 0 Å². The van der Waals surface area contributed by atoms with Crippen LogP contribution in [0.1, 0.15) is 11.1 Å². The predicted molar refractivity (Wildman–Crippen MR) is 86.3 cm³/mol.